The van der Waals surface area contributed by atoms with Crippen LogP contribution in [-0.4, -0.2) is 24.9 Å². The van der Waals surface area contributed by atoms with E-state index in [2.05, 4.69) is 17.6 Å². The first-order valence-corrected chi connectivity index (χ1v) is 8.69. The molecule has 2 aromatic rings. The SMILES string of the molecule is CCc1cccc(NC(=O)CNc2ccccc2N2CCCC2=O)c1. The Labute approximate surface area is 148 Å². The minimum Gasteiger partial charge on any atom is -0.374 e. The first-order chi connectivity index (χ1) is 12.2. The van der Waals surface area contributed by atoms with Crippen molar-refractivity contribution in [2.75, 3.05) is 28.6 Å². The van der Waals surface area contributed by atoms with Gasteiger partial charge in [0.25, 0.3) is 0 Å². The standard InChI is InChI=1S/C20H23N3O2/c1-2-15-7-5-8-16(13-15)22-19(24)14-21-17-9-3-4-10-18(17)23-12-6-11-20(23)25/h3-5,7-10,13,21H,2,6,11-12,14H2,1H3,(H,22,24). The second kappa shape index (κ2) is 7.83. The summed E-state index contributed by atoms with van der Waals surface area (Å²) in [6.45, 7) is 2.96. The minimum atomic E-state index is -0.115. The van der Waals surface area contributed by atoms with Crippen LogP contribution < -0.4 is 15.5 Å². The number of aryl methyl sites for hydroxylation is 1. The maximum atomic E-state index is 12.2. The third-order valence-corrected chi connectivity index (χ3v) is 4.33. The first kappa shape index (κ1) is 17.0. The molecule has 0 bridgehead atoms. The van der Waals surface area contributed by atoms with Crippen molar-refractivity contribution in [1.29, 1.82) is 0 Å². The van der Waals surface area contributed by atoms with E-state index in [-0.39, 0.29) is 18.4 Å². The van der Waals surface area contributed by atoms with Gasteiger partial charge in [0.1, 0.15) is 0 Å². The van der Waals surface area contributed by atoms with Gasteiger partial charge in [0.05, 0.1) is 17.9 Å². The topological polar surface area (TPSA) is 61.4 Å². The van der Waals surface area contributed by atoms with Crippen molar-refractivity contribution in [2.45, 2.75) is 26.2 Å². The van der Waals surface area contributed by atoms with Crippen LogP contribution in [0.2, 0.25) is 0 Å². The zero-order valence-corrected chi connectivity index (χ0v) is 14.4. The van der Waals surface area contributed by atoms with E-state index < -0.39 is 0 Å². The quantitative estimate of drug-likeness (QED) is 0.849. The Bertz CT molecular complexity index is 773. The number of hydrogen-bond acceptors (Lipinski definition) is 3. The van der Waals surface area contributed by atoms with Crippen LogP contribution in [0.5, 0.6) is 0 Å². The maximum absolute atomic E-state index is 12.2. The van der Waals surface area contributed by atoms with Gasteiger partial charge in [0.15, 0.2) is 0 Å². The van der Waals surface area contributed by atoms with Crippen LogP contribution in [0.3, 0.4) is 0 Å². The normalized spacial score (nSPS) is 13.8. The van der Waals surface area contributed by atoms with Gasteiger partial charge >= 0.3 is 0 Å². The van der Waals surface area contributed by atoms with E-state index in [0.717, 1.165) is 36.4 Å². The first-order valence-electron chi connectivity index (χ1n) is 8.69. The number of carbonyl (C=O) groups excluding carboxylic acids is 2. The summed E-state index contributed by atoms with van der Waals surface area (Å²) in [6, 6.07) is 15.5. The molecule has 2 N–H and O–H groups in total. The molecular weight excluding hydrogens is 314 g/mol. The van der Waals surface area contributed by atoms with Crippen LogP contribution in [0, 0.1) is 0 Å². The molecule has 0 unspecified atom stereocenters. The Morgan fingerprint density at radius 1 is 1.16 bits per heavy atom. The molecule has 0 aliphatic carbocycles. The number of benzene rings is 2. The molecule has 1 saturated heterocycles. The number of carbonyl (C=O) groups is 2. The van der Waals surface area contributed by atoms with Gasteiger partial charge in [-0.2, -0.15) is 0 Å². The van der Waals surface area contributed by atoms with Crippen LogP contribution in [0.25, 0.3) is 0 Å². The summed E-state index contributed by atoms with van der Waals surface area (Å²) < 4.78 is 0. The molecule has 1 fully saturated rings. The average molecular weight is 337 g/mol. The third-order valence-electron chi connectivity index (χ3n) is 4.33. The molecule has 25 heavy (non-hydrogen) atoms. The summed E-state index contributed by atoms with van der Waals surface area (Å²) in [5, 5.41) is 6.06. The summed E-state index contributed by atoms with van der Waals surface area (Å²) in [7, 11) is 0. The van der Waals surface area contributed by atoms with Crippen molar-refractivity contribution in [3.63, 3.8) is 0 Å². The minimum absolute atomic E-state index is 0.115. The lowest BCUT2D eigenvalue weighted by Crippen LogP contribution is -2.26. The van der Waals surface area contributed by atoms with E-state index in [1.54, 1.807) is 4.90 Å². The molecule has 0 spiro atoms. The van der Waals surface area contributed by atoms with E-state index in [0.29, 0.717) is 6.42 Å². The lowest BCUT2D eigenvalue weighted by molar-refractivity contribution is -0.117. The second-order valence-corrected chi connectivity index (χ2v) is 6.12. The molecule has 2 amide bonds. The van der Waals surface area contributed by atoms with Crippen LogP contribution in [0.4, 0.5) is 17.1 Å². The predicted molar refractivity (Wildman–Crippen MR) is 101 cm³/mol. The van der Waals surface area contributed by atoms with Crippen molar-refractivity contribution in [1.82, 2.24) is 0 Å². The van der Waals surface area contributed by atoms with E-state index in [1.807, 2.05) is 48.5 Å². The molecular formula is C20H23N3O2. The van der Waals surface area contributed by atoms with Crippen molar-refractivity contribution in [3.05, 3.63) is 54.1 Å². The summed E-state index contributed by atoms with van der Waals surface area (Å²) in [4.78, 5) is 26.0. The monoisotopic (exact) mass is 337 g/mol. The van der Waals surface area contributed by atoms with Gasteiger partial charge in [-0.1, -0.05) is 31.2 Å². The molecule has 5 nitrogen and oxygen atoms in total. The van der Waals surface area contributed by atoms with Gasteiger partial charge in [-0.05, 0) is 42.7 Å². The Balaban J connectivity index is 1.63. The van der Waals surface area contributed by atoms with Gasteiger partial charge in [0, 0.05) is 18.7 Å². The van der Waals surface area contributed by atoms with Gasteiger partial charge in [0.2, 0.25) is 11.8 Å². The van der Waals surface area contributed by atoms with Crippen LogP contribution in [0.1, 0.15) is 25.3 Å². The molecule has 0 radical (unpaired) electrons. The summed E-state index contributed by atoms with van der Waals surface area (Å²) in [5.41, 5.74) is 3.62. The molecule has 3 rings (SSSR count). The predicted octanol–water partition coefficient (Wildman–Crippen LogP) is 3.43. The molecule has 0 aromatic heterocycles. The third kappa shape index (κ3) is 4.18. The van der Waals surface area contributed by atoms with Gasteiger partial charge in [-0.15, -0.1) is 0 Å². The highest BCUT2D eigenvalue weighted by molar-refractivity contribution is 5.99. The second-order valence-electron chi connectivity index (χ2n) is 6.12. The number of anilines is 3. The highest BCUT2D eigenvalue weighted by Gasteiger charge is 2.23. The molecule has 5 heteroatoms. The maximum Gasteiger partial charge on any atom is 0.243 e. The van der Waals surface area contributed by atoms with Crippen molar-refractivity contribution in [3.8, 4) is 0 Å². The zero-order chi connectivity index (χ0) is 17.6. The fourth-order valence-electron chi connectivity index (χ4n) is 3.01. The smallest absolute Gasteiger partial charge is 0.243 e. The number of nitrogens with one attached hydrogen (secondary N) is 2. The summed E-state index contributed by atoms with van der Waals surface area (Å²) in [6.07, 6.45) is 2.39. The highest BCUT2D eigenvalue weighted by Crippen LogP contribution is 2.29. The number of para-hydroxylation sites is 2. The summed E-state index contributed by atoms with van der Waals surface area (Å²) in [5.74, 6) is 0.0193. The molecule has 1 heterocycles. The summed E-state index contributed by atoms with van der Waals surface area (Å²) >= 11 is 0. The van der Waals surface area contributed by atoms with E-state index in [4.69, 9.17) is 0 Å². The molecule has 1 aliphatic rings. The van der Waals surface area contributed by atoms with E-state index >= 15 is 0 Å². The lowest BCUT2D eigenvalue weighted by atomic mass is 10.1. The molecule has 0 saturated carbocycles. The van der Waals surface area contributed by atoms with Crippen molar-refractivity contribution < 1.29 is 9.59 Å². The highest BCUT2D eigenvalue weighted by atomic mass is 16.2. The molecule has 0 atom stereocenters. The Kier molecular flexibility index (Phi) is 5.33. The molecule has 2 aromatic carbocycles. The van der Waals surface area contributed by atoms with Crippen LogP contribution >= 0.6 is 0 Å². The molecule has 130 valence electrons. The zero-order valence-electron chi connectivity index (χ0n) is 14.4. The number of hydrogen-bond donors (Lipinski definition) is 2. The number of nitrogens with zero attached hydrogens (tertiary/aromatic N) is 1. The van der Waals surface area contributed by atoms with Crippen LogP contribution in [0.15, 0.2) is 48.5 Å². The Hall–Kier alpha value is -2.82. The fourth-order valence-corrected chi connectivity index (χ4v) is 3.01. The van der Waals surface area contributed by atoms with Gasteiger partial charge < -0.3 is 15.5 Å². The number of amides is 2. The average Bonchev–Trinajstić information content (AvgIpc) is 3.06. The fraction of sp³-hybridized carbons (Fsp3) is 0.300. The Morgan fingerprint density at radius 2 is 2.00 bits per heavy atom. The van der Waals surface area contributed by atoms with Gasteiger partial charge in [-0.25, -0.2) is 0 Å². The van der Waals surface area contributed by atoms with E-state index in [1.165, 1.54) is 5.56 Å². The largest absolute Gasteiger partial charge is 0.374 e. The van der Waals surface area contributed by atoms with Crippen LogP contribution in [-0.2, 0) is 16.0 Å². The van der Waals surface area contributed by atoms with Crippen molar-refractivity contribution >= 4 is 28.9 Å². The van der Waals surface area contributed by atoms with Gasteiger partial charge in [-0.3, -0.25) is 9.59 Å². The lowest BCUT2D eigenvalue weighted by Gasteiger charge is -2.20. The molecule has 1 aliphatic heterocycles. The Morgan fingerprint density at radius 3 is 2.76 bits per heavy atom. The van der Waals surface area contributed by atoms with E-state index in [9.17, 15) is 9.59 Å². The van der Waals surface area contributed by atoms with Crippen molar-refractivity contribution in [2.24, 2.45) is 0 Å². The number of rotatable bonds is 6.